The lowest BCUT2D eigenvalue weighted by Gasteiger charge is -2.26. The van der Waals surface area contributed by atoms with Gasteiger partial charge in [-0.3, -0.25) is 9.59 Å². The van der Waals surface area contributed by atoms with Crippen molar-refractivity contribution in [2.75, 3.05) is 19.7 Å². The summed E-state index contributed by atoms with van der Waals surface area (Å²) in [5.74, 6) is -0.215. The highest BCUT2D eigenvalue weighted by molar-refractivity contribution is 5.83. The highest BCUT2D eigenvalue weighted by Crippen LogP contribution is 2.20. The Hall–Kier alpha value is -1.32. The lowest BCUT2D eigenvalue weighted by atomic mass is 9.93. The highest BCUT2D eigenvalue weighted by atomic mass is 16.5. The molecule has 0 aromatic rings. The summed E-state index contributed by atoms with van der Waals surface area (Å²) in [7, 11) is 0. The van der Waals surface area contributed by atoms with Gasteiger partial charge in [0.2, 0.25) is 5.91 Å². The van der Waals surface area contributed by atoms with Crippen molar-refractivity contribution in [3.05, 3.63) is 12.2 Å². The van der Waals surface area contributed by atoms with Gasteiger partial charge in [0.25, 0.3) is 0 Å². The molecule has 0 spiro atoms. The van der Waals surface area contributed by atoms with Gasteiger partial charge in [-0.15, -0.1) is 0 Å². The molecule has 0 saturated heterocycles. The van der Waals surface area contributed by atoms with Crippen LogP contribution in [0.25, 0.3) is 0 Å². The van der Waals surface area contributed by atoms with E-state index in [0.717, 1.165) is 19.3 Å². The summed E-state index contributed by atoms with van der Waals surface area (Å²) in [6.07, 6.45) is 6.77. The molecule has 1 aliphatic carbocycles. The smallest absolute Gasteiger partial charge is 0.325 e. The van der Waals surface area contributed by atoms with E-state index in [0.29, 0.717) is 13.2 Å². The van der Waals surface area contributed by atoms with Crippen LogP contribution in [0.15, 0.2) is 12.2 Å². The first-order valence-corrected chi connectivity index (χ1v) is 6.28. The van der Waals surface area contributed by atoms with Crippen LogP contribution in [0.4, 0.5) is 0 Å². The van der Waals surface area contributed by atoms with Gasteiger partial charge in [-0.25, -0.2) is 0 Å². The molecule has 0 bridgehead atoms. The number of ether oxygens (including phenoxy) is 1. The monoisotopic (exact) mass is 239 g/mol. The number of carbonyl (C=O) groups is 2. The van der Waals surface area contributed by atoms with E-state index in [9.17, 15) is 9.59 Å². The van der Waals surface area contributed by atoms with Gasteiger partial charge in [-0.1, -0.05) is 12.2 Å². The molecule has 4 heteroatoms. The number of allylic oxidation sites excluding steroid dienone is 2. The minimum atomic E-state index is -0.325. The Bertz CT molecular complexity index is 299. The van der Waals surface area contributed by atoms with E-state index in [4.69, 9.17) is 4.74 Å². The van der Waals surface area contributed by atoms with E-state index >= 15 is 0 Å². The van der Waals surface area contributed by atoms with E-state index in [1.807, 2.05) is 13.0 Å². The summed E-state index contributed by atoms with van der Waals surface area (Å²) in [6.45, 7) is 4.63. The molecule has 0 N–H and O–H groups in total. The van der Waals surface area contributed by atoms with Gasteiger partial charge in [-0.2, -0.15) is 0 Å². The van der Waals surface area contributed by atoms with Gasteiger partial charge >= 0.3 is 5.97 Å². The van der Waals surface area contributed by atoms with E-state index in [2.05, 4.69) is 6.08 Å². The molecule has 0 aromatic heterocycles. The molecule has 0 aliphatic heterocycles. The predicted octanol–water partition coefficient (Wildman–Crippen LogP) is 1.75. The molecule has 1 unspecified atom stereocenters. The van der Waals surface area contributed by atoms with Crippen molar-refractivity contribution in [3.63, 3.8) is 0 Å². The van der Waals surface area contributed by atoms with Crippen molar-refractivity contribution in [1.82, 2.24) is 4.90 Å². The van der Waals surface area contributed by atoms with Gasteiger partial charge in [-0.05, 0) is 33.1 Å². The van der Waals surface area contributed by atoms with E-state index in [1.54, 1.807) is 11.8 Å². The third-order valence-electron chi connectivity index (χ3n) is 2.94. The van der Waals surface area contributed by atoms with E-state index in [1.165, 1.54) is 0 Å². The molecule has 4 nitrogen and oxygen atoms in total. The zero-order valence-corrected chi connectivity index (χ0v) is 10.6. The highest BCUT2D eigenvalue weighted by Gasteiger charge is 2.25. The summed E-state index contributed by atoms with van der Waals surface area (Å²) in [5, 5.41) is 0. The molecule has 0 saturated carbocycles. The molecule has 0 radical (unpaired) electrons. The minimum Gasteiger partial charge on any atom is -0.465 e. The number of likely N-dealkylation sites (N-methyl/N-ethyl adjacent to an activating group) is 1. The van der Waals surface area contributed by atoms with Crippen LogP contribution in [-0.4, -0.2) is 36.5 Å². The van der Waals surface area contributed by atoms with Gasteiger partial charge in [0, 0.05) is 12.5 Å². The van der Waals surface area contributed by atoms with Crippen molar-refractivity contribution in [1.29, 1.82) is 0 Å². The molecule has 1 aliphatic rings. The predicted molar refractivity (Wildman–Crippen MR) is 65.4 cm³/mol. The second-order valence-corrected chi connectivity index (χ2v) is 4.14. The summed E-state index contributed by atoms with van der Waals surface area (Å²) in [4.78, 5) is 25.1. The minimum absolute atomic E-state index is 0.0365. The molecule has 96 valence electrons. The van der Waals surface area contributed by atoms with Crippen LogP contribution in [0.1, 0.15) is 33.1 Å². The normalized spacial score (nSPS) is 18.8. The Morgan fingerprint density at radius 1 is 1.35 bits per heavy atom. The average Bonchev–Trinajstić information content (AvgIpc) is 2.36. The fraction of sp³-hybridized carbons (Fsp3) is 0.692. The van der Waals surface area contributed by atoms with Gasteiger partial charge < -0.3 is 9.64 Å². The second-order valence-electron chi connectivity index (χ2n) is 4.14. The van der Waals surface area contributed by atoms with Crippen molar-refractivity contribution in [2.24, 2.45) is 5.92 Å². The van der Waals surface area contributed by atoms with E-state index < -0.39 is 0 Å². The number of rotatable bonds is 5. The molecule has 1 amide bonds. The molecule has 0 aromatic carbocycles. The number of esters is 1. The number of amides is 1. The van der Waals surface area contributed by atoms with Crippen molar-refractivity contribution < 1.29 is 14.3 Å². The summed E-state index contributed by atoms with van der Waals surface area (Å²) >= 11 is 0. The molecular formula is C13H21NO3. The maximum absolute atomic E-state index is 12.2. The number of hydrogen-bond acceptors (Lipinski definition) is 3. The van der Waals surface area contributed by atoms with Crippen LogP contribution in [0, 0.1) is 5.92 Å². The van der Waals surface area contributed by atoms with Crippen LogP contribution >= 0.6 is 0 Å². The molecular weight excluding hydrogens is 218 g/mol. The Morgan fingerprint density at radius 2 is 2.12 bits per heavy atom. The van der Waals surface area contributed by atoms with Crippen LogP contribution in [0.3, 0.4) is 0 Å². The SMILES string of the molecule is CCOC(=O)CN(CC)C(=O)C1CC=CCC1. The molecule has 17 heavy (non-hydrogen) atoms. The van der Waals surface area contributed by atoms with Crippen LogP contribution in [0.2, 0.25) is 0 Å². The maximum Gasteiger partial charge on any atom is 0.325 e. The topological polar surface area (TPSA) is 46.6 Å². The van der Waals surface area contributed by atoms with Crippen LogP contribution < -0.4 is 0 Å². The first-order chi connectivity index (χ1) is 8.19. The quantitative estimate of drug-likeness (QED) is 0.542. The van der Waals surface area contributed by atoms with Crippen molar-refractivity contribution in [2.45, 2.75) is 33.1 Å². The summed E-state index contributed by atoms with van der Waals surface area (Å²) in [6, 6.07) is 0. The Morgan fingerprint density at radius 3 is 2.65 bits per heavy atom. The lowest BCUT2D eigenvalue weighted by molar-refractivity contribution is -0.150. The van der Waals surface area contributed by atoms with Crippen molar-refractivity contribution >= 4 is 11.9 Å². The Labute approximate surface area is 103 Å². The van der Waals surface area contributed by atoms with Gasteiger partial charge in [0.1, 0.15) is 6.54 Å². The molecule has 0 heterocycles. The van der Waals surface area contributed by atoms with Crippen molar-refractivity contribution in [3.8, 4) is 0 Å². The molecule has 1 rings (SSSR count). The maximum atomic E-state index is 12.2. The standard InChI is InChI=1S/C13H21NO3/c1-3-14(10-12(15)17-4-2)13(16)11-8-6-5-7-9-11/h5-6,11H,3-4,7-10H2,1-2H3. The largest absolute Gasteiger partial charge is 0.465 e. The first-order valence-electron chi connectivity index (χ1n) is 6.28. The summed E-state index contributed by atoms with van der Waals surface area (Å²) < 4.78 is 4.86. The second kappa shape index (κ2) is 7.09. The third kappa shape index (κ3) is 4.21. The Kier molecular flexibility index (Phi) is 5.73. The van der Waals surface area contributed by atoms with Gasteiger partial charge in [0.15, 0.2) is 0 Å². The lowest BCUT2D eigenvalue weighted by Crippen LogP contribution is -2.40. The average molecular weight is 239 g/mol. The zero-order chi connectivity index (χ0) is 12.7. The van der Waals surface area contributed by atoms with E-state index in [-0.39, 0.29) is 24.3 Å². The first kappa shape index (κ1) is 13.7. The molecule has 1 atom stereocenters. The Balaban J connectivity index is 2.51. The van der Waals surface area contributed by atoms with Crippen LogP contribution in [0.5, 0.6) is 0 Å². The fourth-order valence-electron chi connectivity index (χ4n) is 1.98. The third-order valence-corrected chi connectivity index (χ3v) is 2.94. The number of carbonyl (C=O) groups excluding carboxylic acids is 2. The fourth-order valence-corrected chi connectivity index (χ4v) is 1.98. The molecule has 0 fully saturated rings. The van der Waals surface area contributed by atoms with Crippen LogP contribution in [-0.2, 0) is 14.3 Å². The van der Waals surface area contributed by atoms with Gasteiger partial charge in [0.05, 0.1) is 6.61 Å². The summed E-state index contributed by atoms with van der Waals surface area (Å²) in [5.41, 5.74) is 0. The zero-order valence-electron chi connectivity index (χ0n) is 10.6. The number of hydrogen-bond donors (Lipinski definition) is 0. The number of nitrogens with zero attached hydrogens (tertiary/aromatic N) is 1.